The van der Waals surface area contributed by atoms with Gasteiger partial charge in [-0.05, 0) is 35.7 Å². The van der Waals surface area contributed by atoms with Crippen LogP contribution in [-0.2, 0) is 4.79 Å². The van der Waals surface area contributed by atoms with Gasteiger partial charge in [0.25, 0.3) is 5.91 Å². The van der Waals surface area contributed by atoms with Crippen molar-refractivity contribution in [2.45, 2.75) is 19.8 Å². The quantitative estimate of drug-likeness (QED) is 0.749. The van der Waals surface area contributed by atoms with Crippen molar-refractivity contribution < 1.29 is 9.53 Å². The molecule has 0 unspecified atom stereocenters. The van der Waals surface area contributed by atoms with Gasteiger partial charge in [-0.1, -0.05) is 43.3 Å². The molecule has 0 spiro atoms. The number of carbonyl (C=O) groups excluding carboxylic acids is 1. The fourth-order valence-corrected chi connectivity index (χ4v) is 2.40. The van der Waals surface area contributed by atoms with Crippen molar-refractivity contribution in [3.8, 4) is 11.4 Å². The van der Waals surface area contributed by atoms with E-state index in [1.54, 1.807) is 17.1 Å². The number of hydrogen-bond acceptors (Lipinski definition) is 4. The summed E-state index contributed by atoms with van der Waals surface area (Å²) in [6, 6.07) is 15.2. The molecular formula is C19H20N4O2. The molecule has 1 amide bonds. The van der Waals surface area contributed by atoms with Gasteiger partial charge in [-0.15, -0.1) is 5.10 Å². The van der Waals surface area contributed by atoms with E-state index in [9.17, 15) is 4.79 Å². The second kappa shape index (κ2) is 7.61. The highest BCUT2D eigenvalue weighted by atomic mass is 16.5. The summed E-state index contributed by atoms with van der Waals surface area (Å²) in [5, 5.41) is 10.6. The summed E-state index contributed by atoms with van der Waals surface area (Å²) >= 11 is 0. The SMILES string of the molecule is CC(C)c1ccc(OCC(=O)Nc2ccccc2-n2ccnn2)cc1. The largest absolute Gasteiger partial charge is 0.484 e. The number of nitrogens with one attached hydrogen (secondary N) is 1. The summed E-state index contributed by atoms with van der Waals surface area (Å²) in [6.07, 6.45) is 3.31. The van der Waals surface area contributed by atoms with E-state index in [0.29, 0.717) is 17.4 Å². The molecular weight excluding hydrogens is 316 g/mol. The first-order valence-corrected chi connectivity index (χ1v) is 8.12. The number of ether oxygens (including phenoxy) is 1. The summed E-state index contributed by atoms with van der Waals surface area (Å²) < 4.78 is 7.16. The number of anilines is 1. The lowest BCUT2D eigenvalue weighted by atomic mass is 10.0. The molecule has 0 bridgehead atoms. The molecule has 0 fully saturated rings. The van der Waals surface area contributed by atoms with E-state index in [1.165, 1.54) is 5.56 Å². The number of rotatable bonds is 6. The Morgan fingerprint density at radius 1 is 1.16 bits per heavy atom. The highest BCUT2D eigenvalue weighted by Crippen LogP contribution is 2.20. The second-order valence-corrected chi connectivity index (χ2v) is 5.93. The van der Waals surface area contributed by atoms with Gasteiger partial charge < -0.3 is 10.1 Å². The fourth-order valence-electron chi connectivity index (χ4n) is 2.40. The zero-order valence-electron chi connectivity index (χ0n) is 14.2. The van der Waals surface area contributed by atoms with Crippen LogP contribution in [0.1, 0.15) is 25.3 Å². The maximum atomic E-state index is 12.2. The van der Waals surface area contributed by atoms with E-state index < -0.39 is 0 Å². The Morgan fingerprint density at radius 3 is 2.60 bits per heavy atom. The van der Waals surface area contributed by atoms with Crippen LogP contribution in [-0.4, -0.2) is 27.5 Å². The Bertz CT molecular complexity index is 827. The van der Waals surface area contributed by atoms with Crippen molar-refractivity contribution in [1.82, 2.24) is 15.0 Å². The van der Waals surface area contributed by atoms with E-state index in [0.717, 1.165) is 5.69 Å². The summed E-state index contributed by atoms with van der Waals surface area (Å²) in [4.78, 5) is 12.2. The van der Waals surface area contributed by atoms with Crippen LogP contribution in [0, 0.1) is 0 Å². The van der Waals surface area contributed by atoms with Gasteiger partial charge >= 0.3 is 0 Å². The van der Waals surface area contributed by atoms with Gasteiger partial charge in [-0.3, -0.25) is 4.79 Å². The highest BCUT2D eigenvalue weighted by molar-refractivity contribution is 5.93. The number of aromatic nitrogens is 3. The molecule has 2 aromatic carbocycles. The van der Waals surface area contributed by atoms with E-state index in [4.69, 9.17) is 4.74 Å². The molecule has 1 N–H and O–H groups in total. The average Bonchev–Trinajstić information content (AvgIpc) is 3.15. The molecule has 6 heteroatoms. The minimum absolute atomic E-state index is 0.0628. The first-order valence-electron chi connectivity index (χ1n) is 8.12. The maximum absolute atomic E-state index is 12.2. The molecule has 128 valence electrons. The molecule has 0 saturated heterocycles. The molecule has 3 rings (SSSR count). The molecule has 0 aliphatic rings. The normalized spacial score (nSPS) is 10.7. The van der Waals surface area contributed by atoms with Crippen LogP contribution >= 0.6 is 0 Å². The van der Waals surface area contributed by atoms with Crippen LogP contribution in [0.3, 0.4) is 0 Å². The monoisotopic (exact) mass is 336 g/mol. The van der Waals surface area contributed by atoms with E-state index >= 15 is 0 Å². The first-order chi connectivity index (χ1) is 12.1. The highest BCUT2D eigenvalue weighted by Gasteiger charge is 2.09. The average molecular weight is 336 g/mol. The summed E-state index contributed by atoms with van der Waals surface area (Å²) in [7, 11) is 0. The first kappa shape index (κ1) is 16.7. The number of nitrogens with zero attached hydrogens (tertiary/aromatic N) is 3. The van der Waals surface area contributed by atoms with Crippen LogP contribution < -0.4 is 10.1 Å². The maximum Gasteiger partial charge on any atom is 0.262 e. The fraction of sp³-hybridized carbons (Fsp3) is 0.211. The molecule has 1 heterocycles. The minimum Gasteiger partial charge on any atom is -0.484 e. The molecule has 1 aromatic heterocycles. The third-order valence-corrected chi connectivity index (χ3v) is 3.76. The Balaban J connectivity index is 1.62. The number of carbonyl (C=O) groups is 1. The van der Waals surface area contributed by atoms with E-state index in [1.807, 2.05) is 48.5 Å². The van der Waals surface area contributed by atoms with Crippen LogP contribution in [0.4, 0.5) is 5.69 Å². The van der Waals surface area contributed by atoms with Gasteiger partial charge in [-0.25, -0.2) is 4.68 Å². The lowest BCUT2D eigenvalue weighted by Crippen LogP contribution is -2.21. The predicted octanol–water partition coefficient (Wildman–Crippen LogP) is 3.41. The Hall–Kier alpha value is -3.15. The van der Waals surface area contributed by atoms with Gasteiger partial charge in [0.2, 0.25) is 0 Å². The summed E-state index contributed by atoms with van der Waals surface area (Å²) in [6.45, 7) is 4.21. The third-order valence-electron chi connectivity index (χ3n) is 3.76. The molecule has 0 radical (unpaired) electrons. The van der Waals surface area contributed by atoms with Crippen molar-refractivity contribution in [2.24, 2.45) is 0 Å². The van der Waals surface area contributed by atoms with Crippen LogP contribution in [0.5, 0.6) is 5.75 Å². The zero-order valence-corrected chi connectivity index (χ0v) is 14.2. The third kappa shape index (κ3) is 4.23. The van der Waals surface area contributed by atoms with Crippen LogP contribution in [0.25, 0.3) is 5.69 Å². The van der Waals surface area contributed by atoms with Crippen molar-refractivity contribution >= 4 is 11.6 Å². The molecule has 0 aliphatic carbocycles. The van der Waals surface area contributed by atoms with Crippen molar-refractivity contribution in [2.75, 3.05) is 11.9 Å². The van der Waals surface area contributed by atoms with Crippen LogP contribution in [0.15, 0.2) is 60.9 Å². The van der Waals surface area contributed by atoms with Gasteiger partial charge in [0.15, 0.2) is 6.61 Å². The van der Waals surface area contributed by atoms with Crippen LogP contribution in [0.2, 0.25) is 0 Å². The molecule has 6 nitrogen and oxygen atoms in total. The van der Waals surface area contributed by atoms with E-state index in [-0.39, 0.29) is 12.5 Å². The minimum atomic E-state index is -0.236. The zero-order chi connectivity index (χ0) is 17.6. The molecule has 3 aromatic rings. The van der Waals surface area contributed by atoms with Crippen molar-refractivity contribution in [3.05, 3.63) is 66.5 Å². The van der Waals surface area contributed by atoms with E-state index in [2.05, 4.69) is 29.5 Å². The number of para-hydroxylation sites is 2. The summed E-state index contributed by atoms with van der Waals surface area (Å²) in [5.41, 5.74) is 2.63. The van der Waals surface area contributed by atoms with Gasteiger partial charge in [0, 0.05) is 0 Å². The topological polar surface area (TPSA) is 69.0 Å². The lowest BCUT2D eigenvalue weighted by molar-refractivity contribution is -0.118. The smallest absolute Gasteiger partial charge is 0.262 e. The van der Waals surface area contributed by atoms with Gasteiger partial charge in [0.05, 0.1) is 23.8 Å². The number of amides is 1. The molecule has 0 atom stereocenters. The van der Waals surface area contributed by atoms with Crippen molar-refractivity contribution in [3.63, 3.8) is 0 Å². The molecule has 25 heavy (non-hydrogen) atoms. The van der Waals surface area contributed by atoms with Gasteiger partial charge in [0.1, 0.15) is 5.75 Å². The second-order valence-electron chi connectivity index (χ2n) is 5.93. The Morgan fingerprint density at radius 2 is 1.92 bits per heavy atom. The van der Waals surface area contributed by atoms with Gasteiger partial charge in [-0.2, -0.15) is 0 Å². The van der Waals surface area contributed by atoms with Crippen molar-refractivity contribution in [1.29, 1.82) is 0 Å². The number of benzene rings is 2. The summed E-state index contributed by atoms with van der Waals surface area (Å²) in [5.74, 6) is 0.898. The Labute approximate surface area is 146 Å². The standard InChI is InChI=1S/C19H20N4O2/c1-14(2)15-7-9-16(10-8-15)25-13-19(24)21-17-5-3-4-6-18(17)23-12-11-20-22-23/h3-12,14H,13H2,1-2H3,(H,21,24). The Kier molecular flexibility index (Phi) is 5.09. The molecule has 0 aliphatic heterocycles. The number of hydrogen-bond donors (Lipinski definition) is 1. The predicted molar refractivity (Wildman–Crippen MR) is 96.0 cm³/mol. The lowest BCUT2D eigenvalue weighted by Gasteiger charge is -2.12. The molecule has 0 saturated carbocycles.